The summed E-state index contributed by atoms with van der Waals surface area (Å²) in [6, 6.07) is 16.0. The van der Waals surface area contributed by atoms with Gasteiger partial charge in [-0.2, -0.15) is 8.42 Å². The summed E-state index contributed by atoms with van der Waals surface area (Å²) in [6.07, 6.45) is 5.21. The average Bonchev–Trinajstić information content (AvgIpc) is 3.07. The van der Waals surface area contributed by atoms with Crippen molar-refractivity contribution in [3.05, 3.63) is 66.7 Å². The van der Waals surface area contributed by atoms with Crippen molar-refractivity contribution >= 4 is 22.0 Å². The molecule has 0 spiro atoms. The van der Waals surface area contributed by atoms with Crippen molar-refractivity contribution in [3.8, 4) is 11.1 Å². The third-order valence-corrected chi connectivity index (χ3v) is 9.07. The SMILES string of the molecule is C[C@@]12OC(=O)[C@]1([C@@H](O)[C@@H]1C=CCCC1)NC(=O)[C@@H]2CCOS(=O)(=O)c1ccc(-c2ccccc2)cc1. The standard InChI is InChI=1S/C27H29NO7S/c1-26-22(24(30)28-27(26,25(31)35-26)23(29)20-10-6-3-7-11-20)16-17-34-36(32,33)21-14-12-19(13-15-21)18-8-4-2-5-9-18/h2,4-6,8-10,12-15,20,22-23,29H,3,7,11,16-17H2,1H3,(H,28,30)/t20-,22+,23+,26+,27+/m1/s1. The normalized spacial score (nSPS) is 30.2. The van der Waals surface area contributed by atoms with E-state index in [2.05, 4.69) is 5.32 Å². The number of hydrogen-bond donors (Lipinski definition) is 2. The van der Waals surface area contributed by atoms with Crippen LogP contribution in [0.25, 0.3) is 11.1 Å². The zero-order valence-corrected chi connectivity index (χ0v) is 20.7. The van der Waals surface area contributed by atoms with Gasteiger partial charge in [0, 0.05) is 5.92 Å². The Balaban J connectivity index is 1.26. The van der Waals surface area contributed by atoms with Crippen molar-refractivity contribution in [3.63, 3.8) is 0 Å². The highest BCUT2D eigenvalue weighted by Gasteiger charge is 2.79. The summed E-state index contributed by atoms with van der Waals surface area (Å²) in [4.78, 5) is 25.5. The molecule has 2 aromatic carbocycles. The summed E-state index contributed by atoms with van der Waals surface area (Å²) in [5.41, 5.74) is -1.00. The number of ether oxygens (including phenoxy) is 1. The lowest BCUT2D eigenvalue weighted by Crippen LogP contribution is -2.80. The molecule has 0 radical (unpaired) electrons. The number of nitrogens with one attached hydrogen (secondary N) is 1. The maximum atomic E-state index is 12.9. The fourth-order valence-electron chi connectivity index (χ4n) is 5.67. The Bertz CT molecular complexity index is 1290. The lowest BCUT2D eigenvalue weighted by Gasteiger charge is -2.54. The first-order valence-electron chi connectivity index (χ1n) is 12.1. The molecular formula is C27H29NO7S. The highest BCUT2D eigenvalue weighted by Crippen LogP contribution is 2.53. The first-order chi connectivity index (χ1) is 17.2. The molecule has 9 heteroatoms. The molecule has 1 amide bonds. The van der Waals surface area contributed by atoms with Crippen LogP contribution in [-0.2, 0) is 28.6 Å². The minimum Gasteiger partial charge on any atom is -0.453 e. The Morgan fingerprint density at radius 3 is 2.44 bits per heavy atom. The number of fused-ring (bicyclic) bond motifs is 1. The molecule has 2 heterocycles. The Morgan fingerprint density at radius 2 is 1.81 bits per heavy atom. The van der Waals surface area contributed by atoms with E-state index in [-0.39, 0.29) is 23.8 Å². The number of aliphatic hydroxyl groups excluding tert-OH is 1. The van der Waals surface area contributed by atoms with Gasteiger partial charge < -0.3 is 15.2 Å². The van der Waals surface area contributed by atoms with Gasteiger partial charge in [-0.25, -0.2) is 4.79 Å². The highest BCUT2D eigenvalue weighted by molar-refractivity contribution is 7.86. The molecule has 2 aliphatic heterocycles. The molecule has 3 aliphatic rings. The van der Waals surface area contributed by atoms with Gasteiger partial charge in [0.05, 0.1) is 23.5 Å². The van der Waals surface area contributed by atoms with Crippen molar-refractivity contribution in [2.75, 3.05) is 6.61 Å². The Kier molecular flexibility index (Phi) is 6.26. The second kappa shape index (κ2) is 9.14. The van der Waals surface area contributed by atoms with E-state index in [1.165, 1.54) is 12.1 Å². The molecule has 8 nitrogen and oxygen atoms in total. The van der Waals surface area contributed by atoms with Gasteiger partial charge in [-0.1, -0.05) is 54.6 Å². The minimum absolute atomic E-state index is 0.00587. The number of allylic oxidation sites excluding steroid dienone is 1. The summed E-state index contributed by atoms with van der Waals surface area (Å²) >= 11 is 0. The van der Waals surface area contributed by atoms with Gasteiger partial charge in [0.15, 0.2) is 5.60 Å². The Labute approximate surface area is 210 Å². The zero-order valence-electron chi connectivity index (χ0n) is 19.9. The van der Waals surface area contributed by atoms with Crippen LogP contribution in [0.15, 0.2) is 71.6 Å². The summed E-state index contributed by atoms with van der Waals surface area (Å²) in [5, 5.41) is 13.8. The average molecular weight is 512 g/mol. The van der Waals surface area contributed by atoms with Crippen LogP contribution >= 0.6 is 0 Å². The number of esters is 1. The summed E-state index contributed by atoms with van der Waals surface area (Å²) in [7, 11) is -4.06. The largest absolute Gasteiger partial charge is 0.453 e. The molecule has 2 aromatic rings. The van der Waals surface area contributed by atoms with Crippen LogP contribution in [0.2, 0.25) is 0 Å². The number of amides is 1. The van der Waals surface area contributed by atoms with Crippen LogP contribution in [0.5, 0.6) is 0 Å². The first kappa shape index (κ1) is 24.7. The number of carbonyl (C=O) groups excluding carboxylic acids is 2. The van der Waals surface area contributed by atoms with E-state index in [0.717, 1.165) is 24.0 Å². The molecule has 0 unspecified atom stereocenters. The molecule has 5 rings (SSSR count). The van der Waals surface area contributed by atoms with E-state index in [9.17, 15) is 23.1 Å². The quantitative estimate of drug-likeness (QED) is 0.318. The van der Waals surface area contributed by atoms with Crippen molar-refractivity contribution in [1.82, 2.24) is 5.32 Å². The minimum atomic E-state index is -4.06. The van der Waals surface area contributed by atoms with Crippen molar-refractivity contribution in [2.45, 2.75) is 54.7 Å². The van der Waals surface area contributed by atoms with Gasteiger partial charge in [0.25, 0.3) is 10.1 Å². The molecule has 2 saturated heterocycles. The second-order valence-corrected chi connectivity index (χ2v) is 11.4. The van der Waals surface area contributed by atoms with E-state index >= 15 is 0 Å². The van der Waals surface area contributed by atoms with Crippen LogP contribution in [0.3, 0.4) is 0 Å². The molecule has 2 fully saturated rings. The smallest absolute Gasteiger partial charge is 0.339 e. The van der Waals surface area contributed by atoms with Crippen LogP contribution in [0.4, 0.5) is 0 Å². The lowest BCUT2D eigenvalue weighted by molar-refractivity contribution is -0.238. The van der Waals surface area contributed by atoms with Crippen LogP contribution in [-0.4, -0.2) is 49.3 Å². The van der Waals surface area contributed by atoms with Gasteiger partial charge in [-0.05, 0) is 55.9 Å². The topological polar surface area (TPSA) is 119 Å². The summed E-state index contributed by atoms with van der Waals surface area (Å²) in [5.74, 6) is -2.26. The zero-order chi connectivity index (χ0) is 25.6. The molecule has 2 N–H and O–H groups in total. The molecule has 190 valence electrons. The fraction of sp³-hybridized carbons (Fsp3) is 0.407. The molecule has 0 bridgehead atoms. The van der Waals surface area contributed by atoms with Gasteiger partial charge in [-0.15, -0.1) is 0 Å². The van der Waals surface area contributed by atoms with E-state index in [0.29, 0.717) is 6.42 Å². The van der Waals surface area contributed by atoms with E-state index in [4.69, 9.17) is 8.92 Å². The summed E-state index contributed by atoms with van der Waals surface area (Å²) in [6.45, 7) is 1.34. The number of aliphatic hydroxyl groups is 1. The molecule has 5 atom stereocenters. The number of hydrogen-bond acceptors (Lipinski definition) is 7. The summed E-state index contributed by atoms with van der Waals surface area (Å²) < 4.78 is 36.2. The van der Waals surface area contributed by atoms with Crippen LogP contribution in [0, 0.1) is 11.8 Å². The fourth-order valence-corrected chi connectivity index (χ4v) is 6.59. The number of rotatable bonds is 8. The number of benzene rings is 2. The van der Waals surface area contributed by atoms with Gasteiger partial charge in [0.1, 0.15) is 0 Å². The monoisotopic (exact) mass is 511 g/mol. The van der Waals surface area contributed by atoms with Gasteiger partial charge in [-0.3, -0.25) is 8.98 Å². The molecule has 1 aliphatic carbocycles. The van der Waals surface area contributed by atoms with Crippen molar-refractivity contribution in [2.24, 2.45) is 11.8 Å². The van der Waals surface area contributed by atoms with Gasteiger partial charge >= 0.3 is 5.97 Å². The van der Waals surface area contributed by atoms with E-state index < -0.39 is 45.2 Å². The predicted octanol–water partition coefficient (Wildman–Crippen LogP) is 2.97. The number of carbonyl (C=O) groups is 2. The highest BCUT2D eigenvalue weighted by atomic mass is 32.2. The Hall–Kier alpha value is -3.01. The first-order valence-corrected chi connectivity index (χ1v) is 13.5. The molecular weight excluding hydrogens is 482 g/mol. The van der Waals surface area contributed by atoms with Crippen LogP contribution < -0.4 is 5.32 Å². The van der Waals surface area contributed by atoms with Crippen molar-refractivity contribution in [1.29, 1.82) is 0 Å². The second-order valence-electron chi connectivity index (χ2n) is 9.77. The third kappa shape index (κ3) is 3.86. The molecule has 0 saturated carbocycles. The molecule has 0 aromatic heterocycles. The van der Waals surface area contributed by atoms with Gasteiger partial charge in [0.2, 0.25) is 11.4 Å². The third-order valence-electron chi connectivity index (χ3n) is 7.75. The lowest BCUT2D eigenvalue weighted by atomic mass is 9.64. The Morgan fingerprint density at radius 1 is 1.11 bits per heavy atom. The predicted molar refractivity (Wildman–Crippen MR) is 131 cm³/mol. The van der Waals surface area contributed by atoms with E-state index in [1.54, 1.807) is 19.1 Å². The van der Waals surface area contributed by atoms with Crippen molar-refractivity contribution < 1.29 is 32.0 Å². The maximum Gasteiger partial charge on any atom is 0.339 e. The van der Waals surface area contributed by atoms with Crippen LogP contribution in [0.1, 0.15) is 32.6 Å². The molecule has 36 heavy (non-hydrogen) atoms. The maximum absolute atomic E-state index is 12.9. The van der Waals surface area contributed by atoms with E-state index in [1.807, 2.05) is 42.5 Å².